The van der Waals surface area contributed by atoms with Crippen LogP contribution in [0.1, 0.15) is 56.1 Å². The van der Waals surface area contributed by atoms with Crippen molar-refractivity contribution in [3.05, 3.63) is 18.0 Å². The summed E-state index contributed by atoms with van der Waals surface area (Å²) in [5, 5.41) is 20.2. The molecular formula is C16H28N4O2. The smallest absolute Gasteiger partial charge is 0.271 e. The Bertz CT molecular complexity index is 468. The number of hydrogen-bond donors (Lipinski definition) is 3. The Hall–Kier alpha value is -1.40. The highest BCUT2D eigenvalue weighted by Gasteiger charge is 2.26. The molecule has 1 aliphatic rings. The Morgan fingerprint density at radius 1 is 1.55 bits per heavy atom. The van der Waals surface area contributed by atoms with Crippen LogP contribution in [0.2, 0.25) is 0 Å². The molecule has 6 heteroatoms. The van der Waals surface area contributed by atoms with Crippen LogP contribution in [-0.4, -0.2) is 47.0 Å². The van der Waals surface area contributed by atoms with Gasteiger partial charge >= 0.3 is 0 Å². The number of amides is 1. The van der Waals surface area contributed by atoms with E-state index in [9.17, 15) is 9.90 Å². The van der Waals surface area contributed by atoms with Crippen LogP contribution in [0.4, 0.5) is 0 Å². The minimum absolute atomic E-state index is 0.0858. The summed E-state index contributed by atoms with van der Waals surface area (Å²) in [5.74, 6) is -0.165. The topological polar surface area (TPSA) is 79.2 Å². The normalized spacial score (nSPS) is 19.1. The number of rotatable bonds is 7. The molecule has 2 heterocycles. The molecule has 1 fully saturated rings. The molecule has 0 aliphatic carbocycles. The Labute approximate surface area is 132 Å². The van der Waals surface area contributed by atoms with Crippen molar-refractivity contribution in [3.8, 4) is 0 Å². The Morgan fingerprint density at radius 3 is 2.91 bits per heavy atom. The average molecular weight is 308 g/mol. The Morgan fingerprint density at radius 2 is 2.32 bits per heavy atom. The van der Waals surface area contributed by atoms with E-state index >= 15 is 0 Å². The highest BCUT2D eigenvalue weighted by molar-refractivity contribution is 5.92. The van der Waals surface area contributed by atoms with Gasteiger partial charge in [0.05, 0.1) is 12.6 Å². The third kappa shape index (κ3) is 3.87. The second kappa shape index (κ2) is 7.74. The monoisotopic (exact) mass is 308 g/mol. The first-order chi connectivity index (χ1) is 10.6. The first-order valence-corrected chi connectivity index (χ1v) is 8.29. The van der Waals surface area contributed by atoms with Gasteiger partial charge in [-0.2, -0.15) is 5.10 Å². The lowest BCUT2D eigenvalue weighted by Gasteiger charge is -2.29. The van der Waals surface area contributed by atoms with Gasteiger partial charge < -0.3 is 15.7 Å². The van der Waals surface area contributed by atoms with Crippen molar-refractivity contribution >= 4 is 5.91 Å². The third-order valence-electron chi connectivity index (χ3n) is 4.95. The standard InChI is InChI=1S/C16H28N4O2/c1-3-16(4-2,12-21)11-18-15(22)14-7-9-20(19-14)13-6-5-8-17-10-13/h7,9,13,17,21H,3-6,8,10-12H2,1-2H3,(H,18,22). The zero-order chi connectivity index (χ0) is 16.0. The minimum atomic E-state index is -0.231. The first-order valence-electron chi connectivity index (χ1n) is 8.29. The van der Waals surface area contributed by atoms with E-state index in [-0.39, 0.29) is 17.9 Å². The molecule has 1 saturated heterocycles. The van der Waals surface area contributed by atoms with Gasteiger partial charge in [0.2, 0.25) is 0 Å². The summed E-state index contributed by atoms with van der Waals surface area (Å²) < 4.78 is 1.89. The number of nitrogens with zero attached hydrogens (tertiary/aromatic N) is 2. The maximum absolute atomic E-state index is 12.3. The fourth-order valence-electron chi connectivity index (χ4n) is 2.86. The van der Waals surface area contributed by atoms with Crippen molar-refractivity contribution in [2.24, 2.45) is 5.41 Å². The quantitative estimate of drug-likeness (QED) is 0.710. The molecule has 124 valence electrons. The molecule has 1 amide bonds. The van der Waals surface area contributed by atoms with E-state index in [2.05, 4.69) is 15.7 Å². The van der Waals surface area contributed by atoms with Crippen molar-refractivity contribution in [2.45, 2.75) is 45.6 Å². The van der Waals surface area contributed by atoms with E-state index in [4.69, 9.17) is 0 Å². The zero-order valence-electron chi connectivity index (χ0n) is 13.6. The fraction of sp³-hybridized carbons (Fsp3) is 0.750. The number of piperidine rings is 1. The highest BCUT2D eigenvalue weighted by Crippen LogP contribution is 2.24. The molecule has 1 aromatic heterocycles. The Kier molecular flexibility index (Phi) is 5.97. The molecule has 3 N–H and O–H groups in total. The zero-order valence-corrected chi connectivity index (χ0v) is 13.6. The summed E-state index contributed by atoms with van der Waals surface area (Å²) in [6, 6.07) is 2.10. The Balaban J connectivity index is 1.94. The van der Waals surface area contributed by atoms with E-state index in [0.29, 0.717) is 18.3 Å². The van der Waals surface area contributed by atoms with Crippen LogP contribution < -0.4 is 10.6 Å². The lowest BCUT2D eigenvalue weighted by molar-refractivity contribution is 0.0845. The van der Waals surface area contributed by atoms with Crippen LogP contribution in [-0.2, 0) is 0 Å². The largest absolute Gasteiger partial charge is 0.396 e. The maximum atomic E-state index is 12.3. The van der Waals surface area contributed by atoms with Gasteiger partial charge in [-0.15, -0.1) is 0 Å². The second-order valence-electron chi connectivity index (χ2n) is 6.23. The van der Waals surface area contributed by atoms with Crippen LogP contribution >= 0.6 is 0 Å². The van der Waals surface area contributed by atoms with Crippen molar-refractivity contribution in [2.75, 3.05) is 26.2 Å². The summed E-state index contributed by atoms with van der Waals surface area (Å²) >= 11 is 0. The number of carbonyl (C=O) groups excluding carboxylic acids is 1. The van der Waals surface area contributed by atoms with Crippen LogP contribution in [0, 0.1) is 5.41 Å². The first kappa shape index (κ1) is 17.0. The van der Waals surface area contributed by atoms with Crippen LogP contribution in [0.3, 0.4) is 0 Å². The van der Waals surface area contributed by atoms with Crippen molar-refractivity contribution < 1.29 is 9.90 Å². The minimum Gasteiger partial charge on any atom is -0.396 e. The average Bonchev–Trinajstić information content (AvgIpc) is 3.07. The molecule has 22 heavy (non-hydrogen) atoms. The molecule has 1 atom stereocenters. The molecule has 6 nitrogen and oxygen atoms in total. The van der Waals surface area contributed by atoms with Gasteiger partial charge in [0, 0.05) is 24.7 Å². The molecule has 0 aromatic carbocycles. The summed E-state index contributed by atoms with van der Waals surface area (Å²) in [7, 11) is 0. The van der Waals surface area contributed by atoms with Crippen LogP contribution in [0.15, 0.2) is 12.3 Å². The van der Waals surface area contributed by atoms with E-state index in [1.165, 1.54) is 0 Å². The molecule has 0 radical (unpaired) electrons. The lowest BCUT2D eigenvalue weighted by atomic mass is 9.83. The van der Waals surface area contributed by atoms with Gasteiger partial charge in [-0.05, 0) is 38.3 Å². The van der Waals surface area contributed by atoms with Gasteiger partial charge in [-0.25, -0.2) is 0 Å². The third-order valence-corrected chi connectivity index (χ3v) is 4.95. The van der Waals surface area contributed by atoms with Crippen LogP contribution in [0.25, 0.3) is 0 Å². The van der Waals surface area contributed by atoms with Gasteiger partial charge in [-0.1, -0.05) is 13.8 Å². The summed E-state index contributed by atoms with van der Waals surface area (Å²) in [6.45, 7) is 6.60. The van der Waals surface area contributed by atoms with E-state index in [1.807, 2.05) is 24.7 Å². The van der Waals surface area contributed by atoms with E-state index in [0.717, 1.165) is 38.8 Å². The lowest BCUT2D eigenvalue weighted by Crippen LogP contribution is -2.39. The summed E-state index contributed by atoms with van der Waals surface area (Å²) in [5.41, 5.74) is 0.218. The van der Waals surface area contributed by atoms with Gasteiger partial charge in [0.25, 0.3) is 5.91 Å². The second-order valence-corrected chi connectivity index (χ2v) is 6.23. The predicted octanol–water partition coefficient (Wildman–Crippen LogP) is 1.34. The summed E-state index contributed by atoms with van der Waals surface area (Å²) in [4.78, 5) is 12.3. The molecule has 1 aromatic rings. The van der Waals surface area contributed by atoms with Gasteiger partial charge in [0.1, 0.15) is 5.69 Å². The van der Waals surface area contributed by atoms with Gasteiger partial charge in [0.15, 0.2) is 0 Å². The van der Waals surface area contributed by atoms with Crippen LogP contribution in [0.5, 0.6) is 0 Å². The predicted molar refractivity (Wildman–Crippen MR) is 85.8 cm³/mol. The van der Waals surface area contributed by atoms with E-state index in [1.54, 1.807) is 6.07 Å². The highest BCUT2D eigenvalue weighted by atomic mass is 16.3. The number of hydrogen-bond acceptors (Lipinski definition) is 4. The molecular weight excluding hydrogens is 280 g/mol. The molecule has 0 bridgehead atoms. The fourth-order valence-corrected chi connectivity index (χ4v) is 2.86. The molecule has 0 spiro atoms. The number of carbonyl (C=O) groups is 1. The summed E-state index contributed by atoms with van der Waals surface area (Å²) in [6.07, 6.45) is 5.78. The molecule has 1 unspecified atom stereocenters. The molecule has 1 aliphatic heterocycles. The number of aliphatic hydroxyl groups is 1. The molecule has 0 saturated carbocycles. The molecule has 2 rings (SSSR count). The number of nitrogens with one attached hydrogen (secondary N) is 2. The number of aliphatic hydroxyl groups excluding tert-OH is 1. The van der Waals surface area contributed by atoms with Crippen molar-refractivity contribution in [3.63, 3.8) is 0 Å². The van der Waals surface area contributed by atoms with Gasteiger partial charge in [-0.3, -0.25) is 9.48 Å². The van der Waals surface area contributed by atoms with Crippen molar-refractivity contribution in [1.82, 2.24) is 20.4 Å². The van der Waals surface area contributed by atoms with Crippen molar-refractivity contribution in [1.29, 1.82) is 0 Å². The number of aromatic nitrogens is 2. The SMILES string of the molecule is CCC(CC)(CO)CNC(=O)c1ccn(C2CCCNC2)n1. The van der Waals surface area contributed by atoms with E-state index < -0.39 is 0 Å². The maximum Gasteiger partial charge on any atom is 0.271 e.